The predicted octanol–water partition coefficient (Wildman–Crippen LogP) is 0.272. The van der Waals surface area contributed by atoms with Gasteiger partial charge in [0.05, 0.1) is 12.6 Å². The molecule has 0 aliphatic carbocycles. The van der Waals surface area contributed by atoms with Crippen LogP contribution in [0.2, 0.25) is 0 Å². The first-order valence-electron chi connectivity index (χ1n) is 5.07. The molecule has 0 amide bonds. The summed E-state index contributed by atoms with van der Waals surface area (Å²) in [6.45, 7) is 3.74. The zero-order chi connectivity index (χ0) is 14.0. The minimum absolute atomic E-state index is 0.278. The van der Waals surface area contributed by atoms with E-state index in [0.29, 0.717) is 5.82 Å². The summed E-state index contributed by atoms with van der Waals surface area (Å²) in [4.78, 5) is 17.7. The fourth-order valence-corrected chi connectivity index (χ4v) is 2.78. The Labute approximate surface area is 114 Å². The van der Waals surface area contributed by atoms with Crippen LogP contribution in [-0.2, 0) is 10.0 Å². The van der Waals surface area contributed by atoms with Crippen molar-refractivity contribution in [3.8, 4) is 0 Å². The van der Waals surface area contributed by atoms with E-state index in [1.54, 1.807) is 13.8 Å². The van der Waals surface area contributed by atoms with Gasteiger partial charge in [0.1, 0.15) is 10.3 Å². The van der Waals surface area contributed by atoms with Gasteiger partial charge in [-0.15, -0.1) is 0 Å². The normalized spacial score (nSPS) is 12.4. The van der Waals surface area contributed by atoms with Gasteiger partial charge in [0.15, 0.2) is 0 Å². The Bertz CT molecular complexity index is 582. The van der Waals surface area contributed by atoms with Gasteiger partial charge in [0, 0.05) is 12.1 Å². The molecule has 0 atom stereocenters. The zero-order valence-corrected chi connectivity index (χ0v) is 12.6. The van der Waals surface area contributed by atoms with Crippen molar-refractivity contribution in [1.29, 1.82) is 0 Å². The van der Waals surface area contributed by atoms with Gasteiger partial charge in [-0.3, -0.25) is 4.79 Å². The van der Waals surface area contributed by atoms with Crippen LogP contribution in [0.1, 0.15) is 13.8 Å². The summed E-state index contributed by atoms with van der Waals surface area (Å²) in [7, 11) is -3.29. The summed E-state index contributed by atoms with van der Waals surface area (Å²) in [5.41, 5.74) is -1.00. The number of sulfonamides is 1. The minimum Gasteiger partial charge on any atom is -0.367 e. The number of anilines is 1. The van der Waals surface area contributed by atoms with E-state index < -0.39 is 15.6 Å². The highest BCUT2D eigenvalue weighted by Gasteiger charge is 2.22. The highest BCUT2D eigenvalue weighted by molar-refractivity contribution is 9.10. The van der Waals surface area contributed by atoms with Gasteiger partial charge in [0.25, 0.3) is 5.56 Å². The van der Waals surface area contributed by atoms with E-state index in [-0.39, 0.29) is 16.6 Å². The molecule has 1 aromatic heterocycles. The second-order valence-corrected chi connectivity index (χ2v) is 7.05. The molecule has 18 heavy (non-hydrogen) atoms. The summed E-state index contributed by atoms with van der Waals surface area (Å²) in [6.07, 6.45) is 2.36. The fourth-order valence-electron chi connectivity index (χ4n) is 1.35. The van der Waals surface area contributed by atoms with Crippen LogP contribution in [0.25, 0.3) is 0 Å². The topological polar surface area (TPSA) is 104 Å². The number of rotatable bonds is 5. The van der Waals surface area contributed by atoms with Crippen LogP contribution < -0.4 is 15.6 Å². The lowest BCUT2D eigenvalue weighted by Gasteiger charge is -2.25. The molecule has 9 heteroatoms. The van der Waals surface area contributed by atoms with Crippen molar-refractivity contribution < 1.29 is 8.42 Å². The molecule has 0 saturated carbocycles. The summed E-state index contributed by atoms with van der Waals surface area (Å²) < 4.78 is 25.1. The van der Waals surface area contributed by atoms with Crippen molar-refractivity contribution in [3.05, 3.63) is 21.2 Å². The van der Waals surface area contributed by atoms with E-state index in [4.69, 9.17) is 0 Å². The first-order chi connectivity index (χ1) is 8.11. The van der Waals surface area contributed by atoms with Crippen molar-refractivity contribution in [1.82, 2.24) is 14.7 Å². The predicted molar refractivity (Wildman–Crippen MR) is 73.1 cm³/mol. The molecule has 0 saturated heterocycles. The van der Waals surface area contributed by atoms with Crippen LogP contribution in [0.3, 0.4) is 0 Å². The standard InChI is InChI=1S/C9H15BrN4O3S/c1-9(2,14-18(3,16)17)4-11-7-6(10)8(15)13-5-12-7/h5,14H,4H2,1-3H3,(H2,11,12,13,15). The molecule has 0 radical (unpaired) electrons. The number of aromatic nitrogens is 2. The first kappa shape index (κ1) is 15.1. The van der Waals surface area contributed by atoms with Crippen molar-refractivity contribution in [2.45, 2.75) is 19.4 Å². The van der Waals surface area contributed by atoms with Gasteiger partial charge in [-0.05, 0) is 29.8 Å². The second-order valence-electron chi connectivity index (χ2n) is 4.51. The highest BCUT2D eigenvalue weighted by Crippen LogP contribution is 2.14. The Balaban J connectivity index is 2.76. The van der Waals surface area contributed by atoms with Crippen LogP contribution in [0.5, 0.6) is 0 Å². The summed E-state index contributed by atoms with van der Waals surface area (Å²) in [5.74, 6) is 0.363. The molecular formula is C9H15BrN4O3S. The number of aromatic amines is 1. The average Bonchev–Trinajstić information content (AvgIpc) is 2.17. The largest absolute Gasteiger partial charge is 0.367 e. The van der Waals surface area contributed by atoms with Gasteiger partial charge in [0.2, 0.25) is 10.0 Å². The number of H-pyrrole nitrogens is 1. The maximum absolute atomic E-state index is 11.3. The highest BCUT2D eigenvalue weighted by atomic mass is 79.9. The van der Waals surface area contributed by atoms with Gasteiger partial charge >= 0.3 is 0 Å². The van der Waals surface area contributed by atoms with Crippen molar-refractivity contribution in [2.75, 3.05) is 18.1 Å². The van der Waals surface area contributed by atoms with E-state index in [9.17, 15) is 13.2 Å². The Hall–Kier alpha value is -0.930. The third kappa shape index (κ3) is 4.75. The minimum atomic E-state index is -3.29. The Morgan fingerprint density at radius 1 is 1.50 bits per heavy atom. The molecule has 1 aromatic rings. The third-order valence-electron chi connectivity index (χ3n) is 1.96. The van der Waals surface area contributed by atoms with Gasteiger partial charge in [-0.2, -0.15) is 0 Å². The van der Waals surface area contributed by atoms with Crippen molar-refractivity contribution >= 4 is 31.8 Å². The van der Waals surface area contributed by atoms with Crippen LogP contribution in [0.4, 0.5) is 5.82 Å². The third-order valence-corrected chi connectivity index (χ3v) is 3.62. The summed E-state index contributed by atoms with van der Waals surface area (Å²) in [5, 5.41) is 2.91. The lowest BCUT2D eigenvalue weighted by molar-refractivity contribution is 0.475. The van der Waals surface area contributed by atoms with Crippen LogP contribution in [0.15, 0.2) is 15.6 Å². The van der Waals surface area contributed by atoms with Crippen molar-refractivity contribution in [2.24, 2.45) is 0 Å². The van der Waals surface area contributed by atoms with E-state index in [0.717, 1.165) is 6.26 Å². The molecule has 3 N–H and O–H groups in total. The smallest absolute Gasteiger partial charge is 0.267 e. The average molecular weight is 339 g/mol. The molecule has 0 aliphatic rings. The lowest BCUT2D eigenvalue weighted by Crippen LogP contribution is -2.48. The molecule has 0 unspecified atom stereocenters. The zero-order valence-electron chi connectivity index (χ0n) is 10.2. The molecule has 7 nitrogen and oxygen atoms in total. The van der Waals surface area contributed by atoms with Crippen LogP contribution in [0, 0.1) is 0 Å². The maximum Gasteiger partial charge on any atom is 0.267 e. The summed E-state index contributed by atoms with van der Waals surface area (Å²) in [6, 6.07) is 0. The molecule has 0 bridgehead atoms. The Morgan fingerprint density at radius 3 is 2.67 bits per heavy atom. The summed E-state index contributed by atoms with van der Waals surface area (Å²) >= 11 is 3.10. The lowest BCUT2D eigenvalue weighted by atomic mass is 10.1. The van der Waals surface area contributed by atoms with Gasteiger partial charge in [-0.25, -0.2) is 18.1 Å². The Kier molecular flexibility index (Phi) is 4.51. The van der Waals surface area contributed by atoms with E-state index in [2.05, 4.69) is 35.9 Å². The molecule has 0 aromatic carbocycles. The number of nitrogens with zero attached hydrogens (tertiary/aromatic N) is 1. The van der Waals surface area contributed by atoms with E-state index in [1.165, 1.54) is 6.33 Å². The molecule has 0 spiro atoms. The van der Waals surface area contributed by atoms with Gasteiger partial charge < -0.3 is 10.3 Å². The SMILES string of the molecule is CC(C)(CNc1nc[nH]c(=O)c1Br)NS(C)(=O)=O. The van der Waals surface area contributed by atoms with Crippen LogP contribution in [-0.4, -0.2) is 36.7 Å². The van der Waals surface area contributed by atoms with E-state index >= 15 is 0 Å². The Morgan fingerprint density at radius 2 is 2.11 bits per heavy atom. The monoisotopic (exact) mass is 338 g/mol. The van der Waals surface area contributed by atoms with Crippen molar-refractivity contribution in [3.63, 3.8) is 0 Å². The molecular weight excluding hydrogens is 324 g/mol. The number of halogens is 1. The fraction of sp³-hybridized carbons (Fsp3) is 0.556. The number of nitrogens with one attached hydrogen (secondary N) is 3. The maximum atomic E-state index is 11.3. The molecule has 1 rings (SSSR count). The van der Waals surface area contributed by atoms with E-state index in [1.807, 2.05) is 0 Å². The van der Waals surface area contributed by atoms with Crippen LogP contribution >= 0.6 is 15.9 Å². The molecule has 0 aliphatic heterocycles. The second kappa shape index (κ2) is 5.37. The molecule has 0 fully saturated rings. The quantitative estimate of drug-likeness (QED) is 0.715. The molecule has 1 heterocycles. The number of hydrogen-bond acceptors (Lipinski definition) is 5. The van der Waals surface area contributed by atoms with Gasteiger partial charge in [-0.1, -0.05) is 0 Å². The number of hydrogen-bond donors (Lipinski definition) is 3. The molecule has 102 valence electrons. The first-order valence-corrected chi connectivity index (χ1v) is 7.75.